The van der Waals surface area contributed by atoms with Gasteiger partial charge in [-0.25, -0.2) is 13.1 Å². The average Bonchev–Trinajstić information content (AvgIpc) is 2.90. The van der Waals surface area contributed by atoms with Gasteiger partial charge in [0.25, 0.3) is 0 Å². The average molecular weight is 354 g/mol. The van der Waals surface area contributed by atoms with Crippen LogP contribution in [0, 0.1) is 5.92 Å². The molecule has 2 N–H and O–H groups in total. The first kappa shape index (κ1) is 18.9. The van der Waals surface area contributed by atoms with Gasteiger partial charge in [-0.3, -0.25) is 0 Å². The van der Waals surface area contributed by atoms with Gasteiger partial charge in [0, 0.05) is 0 Å². The van der Waals surface area contributed by atoms with Crippen molar-refractivity contribution < 1.29 is 13.5 Å². The largest absolute Gasteiger partial charge is 0.388 e. The van der Waals surface area contributed by atoms with Crippen LogP contribution in [0.2, 0.25) is 4.34 Å². The minimum Gasteiger partial charge on any atom is -0.388 e. The topological polar surface area (TPSA) is 66.4 Å². The Labute approximate surface area is 136 Å². The summed E-state index contributed by atoms with van der Waals surface area (Å²) in [5.74, 6) is 0.0279. The molecule has 1 aromatic rings. The van der Waals surface area contributed by atoms with Crippen LogP contribution >= 0.6 is 22.9 Å². The summed E-state index contributed by atoms with van der Waals surface area (Å²) in [7, 11) is -3.67. The highest BCUT2D eigenvalue weighted by Gasteiger charge is 2.39. The van der Waals surface area contributed by atoms with Crippen LogP contribution < -0.4 is 4.72 Å². The molecule has 2 unspecified atom stereocenters. The second-order valence-electron chi connectivity index (χ2n) is 5.35. The van der Waals surface area contributed by atoms with Crippen molar-refractivity contribution in [3.05, 3.63) is 16.5 Å². The lowest BCUT2D eigenvalue weighted by molar-refractivity contribution is -0.0161. The van der Waals surface area contributed by atoms with Gasteiger partial charge in [-0.15, -0.1) is 11.3 Å². The number of hydrogen-bond acceptors (Lipinski definition) is 4. The summed E-state index contributed by atoms with van der Waals surface area (Å²) in [5, 5.41) is 10.8. The fourth-order valence-corrected chi connectivity index (χ4v) is 5.26. The Morgan fingerprint density at radius 2 is 1.90 bits per heavy atom. The van der Waals surface area contributed by atoms with Crippen molar-refractivity contribution in [2.24, 2.45) is 5.92 Å². The lowest BCUT2D eigenvalue weighted by atomic mass is 9.81. The number of thiophene rings is 1. The van der Waals surface area contributed by atoms with Gasteiger partial charge in [0.05, 0.1) is 16.0 Å². The summed E-state index contributed by atoms with van der Waals surface area (Å²) in [6.07, 6.45) is 1.76. The van der Waals surface area contributed by atoms with E-state index >= 15 is 0 Å². The first-order chi connectivity index (χ1) is 9.70. The second kappa shape index (κ2) is 7.42. The number of rotatable bonds is 8. The Hall–Kier alpha value is -0.140. The zero-order valence-electron chi connectivity index (χ0n) is 12.9. The van der Waals surface area contributed by atoms with E-state index in [0.717, 1.165) is 17.8 Å². The van der Waals surface area contributed by atoms with Crippen LogP contribution in [-0.4, -0.2) is 25.2 Å². The van der Waals surface area contributed by atoms with Crippen molar-refractivity contribution in [1.29, 1.82) is 0 Å². The molecule has 1 rings (SSSR count). The van der Waals surface area contributed by atoms with Gasteiger partial charge in [0.2, 0.25) is 10.0 Å². The standard InChI is InChI=1S/C14H24ClNO3S2/c1-5-10(4)13(14(17,6-2)7-3)16-21(18,19)12-9-8-11(15)20-12/h8-10,13,16-17H,5-7H2,1-4H3. The molecule has 1 aromatic heterocycles. The van der Waals surface area contributed by atoms with E-state index in [2.05, 4.69) is 4.72 Å². The molecule has 0 saturated carbocycles. The van der Waals surface area contributed by atoms with Crippen LogP contribution in [0.4, 0.5) is 0 Å². The quantitative estimate of drug-likeness (QED) is 0.749. The highest BCUT2D eigenvalue weighted by molar-refractivity contribution is 7.91. The fourth-order valence-electron chi connectivity index (χ4n) is 2.35. The predicted octanol–water partition coefficient (Wildman–Crippen LogP) is 3.65. The molecule has 122 valence electrons. The molecule has 0 bridgehead atoms. The molecule has 2 atom stereocenters. The van der Waals surface area contributed by atoms with Crippen molar-refractivity contribution in [3.63, 3.8) is 0 Å². The van der Waals surface area contributed by atoms with Crippen LogP contribution in [-0.2, 0) is 10.0 Å². The number of hydrogen-bond donors (Lipinski definition) is 2. The van der Waals surface area contributed by atoms with Crippen LogP contribution in [0.1, 0.15) is 47.0 Å². The zero-order valence-corrected chi connectivity index (χ0v) is 15.3. The fraction of sp³-hybridized carbons (Fsp3) is 0.714. The van der Waals surface area contributed by atoms with Crippen LogP contribution in [0.15, 0.2) is 16.3 Å². The van der Waals surface area contributed by atoms with Gasteiger partial charge >= 0.3 is 0 Å². The molecule has 0 spiro atoms. The second-order valence-corrected chi connectivity index (χ2v) is 9.01. The van der Waals surface area contributed by atoms with Crippen molar-refractivity contribution >= 4 is 33.0 Å². The van der Waals surface area contributed by atoms with E-state index in [9.17, 15) is 13.5 Å². The molecule has 0 fully saturated rings. The Morgan fingerprint density at radius 1 is 1.33 bits per heavy atom. The molecule has 1 heterocycles. The van der Waals surface area contributed by atoms with E-state index < -0.39 is 21.7 Å². The lowest BCUT2D eigenvalue weighted by Gasteiger charge is -2.38. The summed E-state index contributed by atoms with van der Waals surface area (Å²) in [5.41, 5.74) is -1.05. The third-order valence-corrected chi connectivity index (χ3v) is 7.28. The van der Waals surface area contributed by atoms with Crippen LogP contribution in [0.25, 0.3) is 0 Å². The molecular formula is C14H24ClNO3S2. The van der Waals surface area contributed by atoms with Gasteiger partial charge in [-0.1, -0.05) is 45.7 Å². The van der Waals surface area contributed by atoms with Crippen LogP contribution in [0.5, 0.6) is 0 Å². The van der Waals surface area contributed by atoms with Gasteiger partial charge in [-0.05, 0) is 30.9 Å². The smallest absolute Gasteiger partial charge is 0.250 e. The first-order valence-corrected chi connectivity index (χ1v) is 9.88. The molecule has 0 radical (unpaired) electrons. The van der Waals surface area contributed by atoms with Gasteiger partial charge in [0.15, 0.2) is 0 Å². The third kappa shape index (κ3) is 4.42. The molecule has 21 heavy (non-hydrogen) atoms. The number of nitrogens with one attached hydrogen (secondary N) is 1. The maximum atomic E-state index is 12.5. The van der Waals surface area contributed by atoms with E-state index in [1.54, 1.807) is 6.07 Å². The maximum Gasteiger partial charge on any atom is 0.250 e. The van der Waals surface area contributed by atoms with E-state index in [1.807, 2.05) is 27.7 Å². The van der Waals surface area contributed by atoms with Gasteiger partial charge in [0.1, 0.15) is 4.21 Å². The molecule has 4 nitrogen and oxygen atoms in total. The highest BCUT2D eigenvalue weighted by Crippen LogP contribution is 2.30. The SMILES string of the molecule is CCC(C)C(NS(=O)(=O)c1ccc(Cl)s1)C(O)(CC)CC. The monoisotopic (exact) mass is 353 g/mol. The first-order valence-electron chi connectivity index (χ1n) is 7.20. The lowest BCUT2D eigenvalue weighted by Crippen LogP contribution is -2.55. The Balaban J connectivity index is 3.12. The summed E-state index contributed by atoms with van der Waals surface area (Å²) in [4.78, 5) is 0. The predicted molar refractivity (Wildman–Crippen MR) is 88.4 cm³/mol. The Bertz CT molecular complexity index is 552. The van der Waals surface area contributed by atoms with Crippen molar-refractivity contribution in [1.82, 2.24) is 4.72 Å². The molecule has 0 aliphatic heterocycles. The molecule has 0 amide bonds. The zero-order chi connectivity index (χ0) is 16.3. The molecule has 7 heteroatoms. The van der Waals surface area contributed by atoms with Crippen LogP contribution in [0.3, 0.4) is 0 Å². The molecule has 0 aliphatic rings. The van der Waals surface area contributed by atoms with E-state index in [4.69, 9.17) is 11.6 Å². The molecule has 0 saturated heterocycles. The minimum absolute atomic E-state index is 0.0279. The Morgan fingerprint density at radius 3 is 2.29 bits per heavy atom. The molecular weight excluding hydrogens is 330 g/mol. The summed E-state index contributed by atoms with van der Waals surface area (Å²) >= 11 is 6.83. The highest BCUT2D eigenvalue weighted by atomic mass is 35.5. The summed E-state index contributed by atoms with van der Waals surface area (Å²) in [6.45, 7) is 7.68. The molecule has 0 aromatic carbocycles. The van der Waals surface area contributed by atoms with Crippen molar-refractivity contribution in [2.45, 2.75) is 62.8 Å². The van der Waals surface area contributed by atoms with E-state index in [-0.39, 0.29) is 10.1 Å². The minimum atomic E-state index is -3.67. The summed E-state index contributed by atoms with van der Waals surface area (Å²) in [6, 6.07) is 2.52. The van der Waals surface area contributed by atoms with E-state index in [0.29, 0.717) is 17.2 Å². The van der Waals surface area contributed by atoms with Gasteiger partial charge < -0.3 is 5.11 Å². The number of aliphatic hydroxyl groups is 1. The molecule has 0 aliphatic carbocycles. The maximum absolute atomic E-state index is 12.5. The summed E-state index contributed by atoms with van der Waals surface area (Å²) < 4.78 is 28.3. The van der Waals surface area contributed by atoms with Crippen molar-refractivity contribution in [3.8, 4) is 0 Å². The normalized spacial score (nSPS) is 15.9. The number of halogens is 1. The Kier molecular flexibility index (Phi) is 6.68. The van der Waals surface area contributed by atoms with E-state index in [1.165, 1.54) is 6.07 Å². The van der Waals surface area contributed by atoms with Gasteiger partial charge in [-0.2, -0.15) is 0 Å². The van der Waals surface area contributed by atoms with Crippen molar-refractivity contribution in [2.75, 3.05) is 0 Å². The number of sulfonamides is 1. The third-order valence-electron chi connectivity index (χ3n) is 4.11.